The number of nitrogens with one attached hydrogen (secondary N) is 1. The molecule has 2 aromatic heterocycles. The lowest BCUT2D eigenvalue weighted by atomic mass is 9.98. The quantitative estimate of drug-likeness (QED) is 0.445. The van der Waals surface area contributed by atoms with E-state index < -0.39 is 15.3 Å². The van der Waals surface area contributed by atoms with Crippen LogP contribution in [0.4, 0.5) is 0 Å². The third-order valence-corrected chi connectivity index (χ3v) is 8.00. The second kappa shape index (κ2) is 8.57. The predicted molar refractivity (Wildman–Crippen MR) is 130 cm³/mol. The number of sulfonamides is 1. The van der Waals surface area contributed by atoms with Crippen molar-refractivity contribution in [3.63, 3.8) is 0 Å². The second-order valence-electron chi connectivity index (χ2n) is 8.62. The first kappa shape index (κ1) is 21.6. The van der Waals surface area contributed by atoms with Gasteiger partial charge in [-0.2, -0.15) is 5.10 Å². The van der Waals surface area contributed by atoms with Crippen LogP contribution in [0.3, 0.4) is 0 Å². The Morgan fingerprint density at radius 3 is 2.48 bits per heavy atom. The SMILES string of the molecule is CC(C)S(=O)(=O)NC1CCc2cc(-c3cn(-c4ccccc4)nc3-c3ccncc3)ccc21. The molecule has 1 atom stereocenters. The van der Waals surface area contributed by atoms with Gasteiger partial charge in [0.05, 0.1) is 10.9 Å². The molecule has 4 aromatic rings. The maximum atomic E-state index is 12.4. The molecular formula is C26H26N4O2S. The highest BCUT2D eigenvalue weighted by Crippen LogP contribution is 2.38. The number of hydrogen-bond acceptors (Lipinski definition) is 4. The summed E-state index contributed by atoms with van der Waals surface area (Å²) in [7, 11) is -3.33. The molecule has 33 heavy (non-hydrogen) atoms. The summed E-state index contributed by atoms with van der Waals surface area (Å²) in [6, 6.07) is 20.1. The molecule has 5 rings (SSSR count). The lowest BCUT2D eigenvalue weighted by molar-refractivity contribution is 0.546. The summed E-state index contributed by atoms with van der Waals surface area (Å²) in [5.41, 5.74) is 7.20. The molecule has 0 fully saturated rings. The van der Waals surface area contributed by atoms with Gasteiger partial charge in [0.25, 0.3) is 0 Å². The molecule has 0 spiro atoms. The van der Waals surface area contributed by atoms with Crippen molar-refractivity contribution in [3.05, 3.63) is 90.4 Å². The van der Waals surface area contributed by atoms with Crippen LogP contribution in [0.2, 0.25) is 0 Å². The monoisotopic (exact) mass is 458 g/mol. The molecule has 0 bridgehead atoms. The van der Waals surface area contributed by atoms with Gasteiger partial charge in [-0.3, -0.25) is 4.98 Å². The molecule has 2 heterocycles. The van der Waals surface area contributed by atoms with E-state index in [1.807, 2.05) is 47.1 Å². The Hall–Kier alpha value is -3.29. The smallest absolute Gasteiger partial charge is 0.214 e. The summed E-state index contributed by atoms with van der Waals surface area (Å²) in [5, 5.41) is 4.45. The Morgan fingerprint density at radius 1 is 1.00 bits per heavy atom. The molecule has 0 aliphatic heterocycles. The summed E-state index contributed by atoms with van der Waals surface area (Å²) in [6.07, 6.45) is 7.21. The Balaban J connectivity index is 1.55. The van der Waals surface area contributed by atoms with Gasteiger partial charge in [0.15, 0.2) is 0 Å². The van der Waals surface area contributed by atoms with E-state index in [0.717, 1.165) is 46.5 Å². The zero-order valence-corrected chi connectivity index (χ0v) is 19.5. The van der Waals surface area contributed by atoms with E-state index in [-0.39, 0.29) is 6.04 Å². The first-order valence-electron chi connectivity index (χ1n) is 11.1. The number of para-hydroxylation sites is 1. The summed E-state index contributed by atoms with van der Waals surface area (Å²) in [4.78, 5) is 4.14. The van der Waals surface area contributed by atoms with Crippen molar-refractivity contribution in [2.45, 2.75) is 38.0 Å². The van der Waals surface area contributed by atoms with Crippen LogP contribution in [0, 0.1) is 0 Å². The summed E-state index contributed by atoms with van der Waals surface area (Å²) < 4.78 is 29.6. The number of benzene rings is 2. The van der Waals surface area contributed by atoms with Crippen molar-refractivity contribution in [3.8, 4) is 28.1 Å². The van der Waals surface area contributed by atoms with Crippen LogP contribution < -0.4 is 4.72 Å². The zero-order valence-electron chi connectivity index (χ0n) is 18.6. The normalized spacial score (nSPS) is 15.7. The molecule has 1 N–H and O–H groups in total. The Labute approximate surface area is 194 Å². The fraction of sp³-hybridized carbons (Fsp3) is 0.231. The van der Waals surface area contributed by atoms with Gasteiger partial charge in [0.2, 0.25) is 10.0 Å². The van der Waals surface area contributed by atoms with E-state index in [9.17, 15) is 8.42 Å². The highest BCUT2D eigenvalue weighted by atomic mass is 32.2. The van der Waals surface area contributed by atoms with E-state index in [0.29, 0.717) is 0 Å². The van der Waals surface area contributed by atoms with Crippen LogP contribution in [0.25, 0.3) is 28.1 Å². The van der Waals surface area contributed by atoms with Crippen molar-refractivity contribution in [1.29, 1.82) is 0 Å². The second-order valence-corrected chi connectivity index (χ2v) is 10.9. The molecule has 1 aliphatic carbocycles. The minimum Gasteiger partial charge on any atom is -0.265 e. The molecule has 6 nitrogen and oxygen atoms in total. The highest BCUT2D eigenvalue weighted by Gasteiger charge is 2.28. The maximum Gasteiger partial charge on any atom is 0.214 e. The fourth-order valence-electron chi connectivity index (χ4n) is 4.26. The molecule has 0 amide bonds. The summed E-state index contributed by atoms with van der Waals surface area (Å²) in [6.45, 7) is 3.40. The number of fused-ring (bicyclic) bond motifs is 1. The lowest BCUT2D eigenvalue weighted by Gasteiger charge is -2.16. The number of aromatic nitrogens is 3. The average Bonchev–Trinajstić information content (AvgIpc) is 3.44. The third-order valence-electron chi connectivity index (χ3n) is 6.15. The van der Waals surface area contributed by atoms with E-state index in [4.69, 9.17) is 5.10 Å². The molecule has 0 radical (unpaired) electrons. The van der Waals surface area contributed by atoms with E-state index in [1.165, 1.54) is 5.56 Å². The molecule has 2 aromatic carbocycles. The van der Waals surface area contributed by atoms with Crippen LogP contribution in [-0.2, 0) is 16.4 Å². The van der Waals surface area contributed by atoms with Crippen molar-refractivity contribution in [1.82, 2.24) is 19.5 Å². The molecule has 0 saturated heterocycles. The van der Waals surface area contributed by atoms with Gasteiger partial charge in [0.1, 0.15) is 5.69 Å². The topological polar surface area (TPSA) is 76.9 Å². The number of hydrogen-bond donors (Lipinski definition) is 1. The minimum absolute atomic E-state index is 0.173. The van der Waals surface area contributed by atoms with Crippen LogP contribution in [0.5, 0.6) is 0 Å². The summed E-state index contributed by atoms with van der Waals surface area (Å²) >= 11 is 0. The largest absolute Gasteiger partial charge is 0.265 e. The number of aryl methyl sites for hydroxylation is 1. The fourth-order valence-corrected chi connectivity index (χ4v) is 5.18. The average molecular weight is 459 g/mol. The van der Waals surface area contributed by atoms with Gasteiger partial charge in [0, 0.05) is 35.8 Å². The Bertz CT molecular complexity index is 1380. The molecule has 0 saturated carbocycles. The number of rotatable bonds is 6. The minimum atomic E-state index is -3.33. The van der Waals surface area contributed by atoms with Crippen molar-refractivity contribution in [2.75, 3.05) is 0 Å². The molecule has 1 aliphatic rings. The third kappa shape index (κ3) is 4.21. The Morgan fingerprint density at radius 2 is 1.76 bits per heavy atom. The van der Waals surface area contributed by atoms with Gasteiger partial charge < -0.3 is 0 Å². The first-order valence-corrected chi connectivity index (χ1v) is 12.7. The zero-order chi connectivity index (χ0) is 23.0. The number of nitrogens with zero attached hydrogens (tertiary/aromatic N) is 3. The lowest BCUT2D eigenvalue weighted by Crippen LogP contribution is -2.33. The molecule has 168 valence electrons. The highest BCUT2D eigenvalue weighted by molar-refractivity contribution is 7.90. The predicted octanol–water partition coefficient (Wildman–Crippen LogP) is 4.92. The van der Waals surface area contributed by atoms with E-state index in [2.05, 4.69) is 34.1 Å². The van der Waals surface area contributed by atoms with Crippen LogP contribution in [0.15, 0.2) is 79.3 Å². The van der Waals surface area contributed by atoms with Gasteiger partial charge in [-0.05, 0) is 67.6 Å². The standard InChI is InChI=1S/C26H26N4O2S/c1-18(2)33(31,32)29-25-11-9-20-16-21(8-10-23(20)25)24-17-30(22-6-4-3-5-7-22)28-26(24)19-12-14-27-15-13-19/h3-8,10,12-18,25,29H,9,11H2,1-2H3. The Kier molecular flexibility index (Phi) is 5.60. The van der Waals surface area contributed by atoms with Gasteiger partial charge >= 0.3 is 0 Å². The maximum absolute atomic E-state index is 12.4. The van der Waals surface area contributed by atoms with E-state index >= 15 is 0 Å². The van der Waals surface area contributed by atoms with Crippen LogP contribution in [-0.4, -0.2) is 28.4 Å². The number of pyridine rings is 1. The molecular weight excluding hydrogens is 432 g/mol. The molecule has 7 heteroatoms. The summed E-state index contributed by atoms with van der Waals surface area (Å²) in [5.74, 6) is 0. The van der Waals surface area contributed by atoms with E-state index in [1.54, 1.807) is 26.2 Å². The first-order chi connectivity index (χ1) is 15.9. The van der Waals surface area contributed by atoms with Crippen molar-refractivity contribution >= 4 is 10.0 Å². The van der Waals surface area contributed by atoms with Gasteiger partial charge in [-0.25, -0.2) is 17.8 Å². The van der Waals surface area contributed by atoms with Crippen LogP contribution in [0.1, 0.15) is 37.4 Å². The van der Waals surface area contributed by atoms with Crippen LogP contribution >= 0.6 is 0 Å². The molecule has 1 unspecified atom stereocenters. The van der Waals surface area contributed by atoms with Gasteiger partial charge in [-0.15, -0.1) is 0 Å². The van der Waals surface area contributed by atoms with Gasteiger partial charge in [-0.1, -0.05) is 36.4 Å². The van der Waals surface area contributed by atoms with Crippen molar-refractivity contribution in [2.24, 2.45) is 0 Å². The van der Waals surface area contributed by atoms with Crippen molar-refractivity contribution < 1.29 is 8.42 Å².